The number of piperidine rings is 3. The van der Waals surface area contributed by atoms with Gasteiger partial charge in [0.05, 0.1) is 5.41 Å². The minimum absolute atomic E-state index is 0.0142. The first kappa shape index (κ1) is 23.3. The van der Waals surface area contributed by atoms with Gasteiger partial charge >= 0.3 is 11.9 Å². The second-order valence-electron chi connectivity index (χ2n) is 11.0. The normalized spacial score (nSPS) is 26.7. The Morgan fingerprint density at radius 1 is 1.12 bits per heavy atom. The smallest absolute Gasteiger partial charge is 0.316 e. The molecule has 1 unspecified atom stereocenters. The molecular weight excluding hydrogens is 402 g/mol. The maximum Gasteiger partial charge on any atom is 0.316 e. The molecule has 1 aromatic rings. The van der Waals surface area contributed by atoms with Gasteiger partial charge in [-0.1, -0.05) is 37.1 Å². The number of nitrogens with zero attached hydrogens (tertiary/aromatic N) is 1. The lowest BCUT2D eigenvalue weighted by atomic mass is 9.77. The second kappa shape index (κ2) is 9.54. The molecular formula is C27H39NO4. The third kappa shape index (κ3) is 5.36. The van der Waals surface area contributed by atoms with Crippen LogP contribution in [0.5, 0.6) is 0 Å². The van der Waals surface area contributed by atoms with Crippen molar-refractivity contribution in [2.45, 2.75) is 95.7 Å². The summed E-state index contributed by atoms with van der Waals surface area (Å²) in [6, 6.07) is 8.43. The van der Waals surface area contributed by atoms with Crippen molar-refractivity contribution in [1.29, 1.82) is 0 Å². The maximum absolute atomic E-state index is 13.6. The molecule has 0 aromatic heterocycles. The van der Waals surface area contributed by atoms with E-state index in [-0.39, 0.29) is 18.0 Å². The minimum atomic E-state index is -0.507. The van der Waals surface area contributed by atoms with Gasteiger partial charge in [0.25, 0.3) is 0 Å². The summed E-state index contributed by atoms with van der Waals surface area (Å²) in [6.07, 6.45) is 8.19. The second-order valence-corrected chi connectivity index (χ2v) is 11.0. The Morgan fingerprint density at radius 3 is 2.47 bits per heavy atom. The summed E-state index contributed by atoms with van der Waals surface area (Å²) in [7, 11) is 0. The number of esters is 2. The van der Waals surface area contributed by atoms with Crippen molar-refractivity contribution in [3.05, 3.63) is 35.4 Å². The summed E-state index contributed by atoms with van der Waals surface area (Å²) in [6.45, 7) is 8.88. The fraction of sp³-hybridized carbons (Fsp3) is 0.704. The molecule has 2 bridgehead atoms. The fourth-order valence-electron chi connectivity index (χ4n) is 5.74. The highest BCUT2D eigenvalue weighted by Crippen LogP contribution is 2.43. The van der Waals surface area contributed by atoms with E-state index in [1.165, 1.54) is 5.56 Å². The van der Waals surface area contributed by atoms with Gasteiger partial charge in [-0.3, -0.25) is 14.5 Å². The Morgan fingerprint density at radius 2 is 1.84 bits per heavy atom. The van der Waals surface area contributed by atoms with E-state index in [9.17, 15) is 9.59 Å². The first-order valence-electron chi connectivity index (χ1n) is 12.5. The van der Waals surface area contributed by atoms with Crippen molar-refractivity contribution in [2.24, 2.45) is 5.92 Å². The minimum Gasteiger partial charge on any atom is -0.460 e. The van der Waals surface area contributed by atoms with Crippen molar-refractivity contribution in [2.75, 3.05) is 19.6 Å². The first-order chi connectivity index (χ1) is 15.2. The van der Waals surface area contributed by atoms with Gasteiger partial charge in [0.15, 0.2) is 0 Å². The maximum atomic E-state index is 13.6. The van der Waals surface area contributed by atoms with Gasteiger partial charge < -0.3 is 9.47 Å². The van der Waals surface area contributed by atoms with E-state index in [4.69, 9.17) is 9.47 Å². The molecule has 1 atom stereocenters. The van der Waals surface area contributed by atoms with Crippen LogP contribution < -0.4 is 0 Å². The van der Waals surface area contributed by atoms with Gasteiger partial charge in [0, 0.05) is 13.0 Å². The van der Waals surface area contributed by atoms with E-state index in [0.29, 0.717) is 12.3 Å². The van der Waals surface area contributed by atoms with Crippen molar-refractivity contribution in [1.82, 2.24) is 4.90 Å². The van der Waals surface area contributed by atoms with Crippen LogP contribution in [0.15, 0.2) is 24.3 Å². The summed E-state index contributed by atoms with van der Waals surface area (Å²) in [5.74, 6) is 0.364. The standard InChI is InChI=1S/C27H39NO4/c1-26(2,3)32-24(29)11-7-9-20-8-6-10-22(18-20)27(14-4-5-15-27)25(30)31-23-19-28-16-12-21(23)13-17-28/h6,8,10,18,21,23H,4-5,7,9,11-17,19H2,1-3H3. The monoisotopic (exact) mass is 441 g/mol. The summed E-state index contributed by atoms with van der Waals surface area (Å²) in [5, 5.41) is 0. The van der Waals surface area contributed by atoms with Gasteiger partial charge in [-0.05, 0) is 89.4 Å². The predicted molar refractivity (Wildman–Crippen MR) is 124 cm³/mol. The van der Waals surface area contributed by atoms with Crippen molar-refractivity contribution in [3.63, 3.8) is 0 Å². The van der Waals surface area contributed by atoms with Crippen LogP contribution in [0.25, 0.3) is 0 Å². The Labute approximate surface area is 192 Å². The van der Waals surface area contributed by atoms with Crippen LogP contribution in [-0.2, 0) is 30.9 Å². The van der Waals surface area contributed by atoms with Crippen molar-refractivity contribution in [3.8, 4) is 0 Å². The van der Waals surface area contributed by atoms with Crippen molar-refractivity contribution >= 4 is 11.9 Å². The van der Waals surface area contributed by atoms with E-state index in [1.807, 2.05) is 20.8 Å². The number of benzene rings is 1. The van der Waals surface area contributed by atoms with E-state index >= 15 is 0 Å². The molecule has 0 spiro atoms. The van der Waals surface area contributed by atoms with E-state index in [0.717, 1.165) is 76.6 Å². The van der Waals surface area contributed by atoms with Gasteiger partial charge in [0.1, 0.15) is 11.7 Å². The van der Waals surface area contributed by atoms with Crippen LogP contribution in [-0.4, -0.2) is 48.2 Å². The molecule has 0 amide bonds. The lowest BCUT2D eigenvalue weighted by Crippen LogP contribution is -2.53. The molecule has 5 heteroatoms. The van der Waals surface area contributed by atoms with Crippen LogP contribution in [0.1, 0.15) is 83.3 Å². The molecule has 0 radical (unpaired) electrons. The van der Waals surface area contributed by atoms with Crippen LogP contribution >= 0.6 is 0 Å². The Bertz CT molecular complexity index is 813. The number of hydrogen-bond donors (Lipinski definition) is 0. The highest BCUT2D eigenvalue weighted by molar-refractivity contribution is 5.84. The molecule has 1 aromatic carbocycles. The van der Waals surface area contributed by atoms with Gasteiger partial charge in [-0.15, -0.1) is 0 Å². The van der Waals surface area contributed by atoms with Crippen LogP contribution in [0.4, 0.5) is 0 Å². The van der Waals surface area contributed by atoms with E-state index < -0.39 is 11.0 Å². The molecule has 5 rings (SSSR count). The molecule has 5 nitrogen and oxygen atoms in total. The lowest BCUT2D eigenvalue weighted by Gasteiger charge is -2.45. The summed E-state index contributed by atoms with van der Waals surface area (Å²) in [4.78, 5) is 28.0. The summed E-state index contributed by atoms with van der Waals surface area (Å²) >= 11 is 0. The highest BCUT2D eigenvalue weighted by Gasteiger charge is 2.47. The molecule has 176 valence electrons. The third-order valence-electron chi connectivity index (χ3n) is 7.45. The number of fused-ring (bicyclic) bond motifs is 3. The average Bonchev–Trinajstić information content (AvgIpc) is 3.25. The quantitative estimate of drug-likeness (QED) is 0.569. The van der Waals surface area contributed by atoms with Crippen LogP contribution in [0.3, 0.4) is 0 Å². The summed E-state index contributed by atoms with van der Waals surface area (Å²) in [5.41, 5.74) is 1.32. The van der Waals surface area contributed by atoms with Crippen LogP contribution in [0.2, 0.25) is 0 Å². The van der Waals surface area contributed by atoms with Crippen molar-refractivity contribution < 1.29 is 19.1 Å². The Balaban J connectivity index is 1.41. The number of ether oxygens (including phenoxy) is 2. The first-order valence-corrected chi connectivity index (χ1v) is 12.5. The zero-order valence-electron chi connectivity index (χ0n) is 20.0. The van der Waals surface area contributed by atoms with E-state index in [2.05, 4.69) is 29.2 Å². The van der Waals surface area contributed by atoms with Gasteiger partial charge in [-0.25, -0.2) is 0 Å². The molecule has 3 saturated heterocycles. The average molecular weight is 442 g/mol. The molecule has 4 fully saturated rings. The van der Waals surface area contributed by atoms with Crippen LogP contribution in [0, 0.1) is 5.92 Å². The molecule has 0 N–H and O–H groups in total. The largest absolute Gasteiger partial charge is 0.460 e. The molecule has 1 aliphatic carbocycles. The number of aryl methyl sites for hydroxylation is 1. The number of rotatable bonds is 7. The SMILES string of the molecule is CC(C)(C)OC(=O)CCCc1cccc(C2(C(=O)OC3CN4CCC3CC4)CCCC2)c1. The van der Waals surface area contributed by atoms with E-state index in [1.54, 1.807) is 0 Å². The lowest BCUT2D eigenvalue weighted by molar-refractivity contribution is -0.166. The Kier molecular flexibility index (Phi) is 6.94. The zero-order chi connectivity index (χ0) is 22.8. The fourth-order valence-corrected chi connectivity index (χ4v) is 5.74. The van der Waals surface area contributed by atoms with Gasteiger partial charge in [0.2, 0.25) is 0 Å². The zero-order valence-corrected chi connectivity index (χ0v) is 20.0. The number of carbonyl (C=O) groups is 2. The topological polar surface area (TPSA) is 55.8 Å². The van der Waals surface area contributed by atoms with Gasteiger partial charge in [-0.2, -0.15) is 0 Å². The number of hydrogen-bond acceptors (Lipinski definition) is 5. The third-order valence-corrected chi connectivity index (χ3v) is 7.45. The predicted octanol–water partition coefficient (Wildman–Crippen LogP) is 4.80. The molecule has 4 aliphatic rings. The molecule has 3 aliphatic heterocycles. The molecule has 3 heterocycles. The highest BCUT2D eigenvalue weighted by atomic mass is 16.6. The molecule has 32 heavy (non-hydrogen) atoms. The number of carbonyl (C=O) groups excluding carboxylic acids is 2. The summed E-state index contributed by atoms with van der Waals surface area (Å²) < 4.78 is 11.6. The molecule has 1 saturated carbocycles. The Hall–Kier alpha value is -1.88.